The van der Waals surface area contributed by atoms with Gasteiger partial charge in [-0.25, -0.2) is 14.5 Å². The standard InChI is InChI=1S/C30H39N5O5.C2H6/c1-4-26-25(27(32-22-11-15-39-16-12-22)24-18-31-35(5-2)28(24)33-26)19-40-23-9-13-34(14-10-23)29(36)20-7-6-8-21(17-20)30(37)38-3;1-2/h6-8,17-18,22-23H,4-5,9-16,19H2,1-3H3,(H,32,33);1-2H3. The largest absolute Gasteiger partial charge is 0.465 e. The van der Waals surface area contributed by atoms with E-state index in [1.165, 1.54) is 7.11 Å². The Morgan fingerprint density at radius 3 is 2.45 bits per heavy atom. The number of nitrogens with zero attached hydrogens (tertiary/aromatic N) is 4. The van der Waals surface area contributed by atoms with Crippen molar-refractivity contribution in [2.24, 2.45) is 0 Å². The lowest BCUT2D eigenvalue weighted by Gasteiger charge is -2.32. The summed E-state index contributed by atoms with van der Waals surface area (Å²) in [4.78, 5) is 31.8. The lowest BCUT2D eigenvalue weighted by molar-refractivity contribution is -0.000495. The number of fused-ring (bicyclic) bond motifs is 1. The third-order valence-corrected chi connectivity index (χ3v) is 7.90. The molecule has 10 nitrogen and oxygen atoms in total. The van der Waals surface area contributed by atoms with Crippen molar-refractivity contribution in [3.63, 3.8) is 0 Å². The summed E-state index contributed by atoms with van der Waals surface area (Å²) in [5, 5.41) is 9.43. The highest BCUT2D eigenvalue weighted by atomic mass is 16.5. The van der Waals surface area contributed by atoms with Crippen LogP contribution in [0.3, 0.4) is 0 Å². The smallest absolute Gasteiger partial charge is 0.337 e. The lowest BCUT2D eigenvalue weighted by atomic mass is 10.0. The van der Waals surface area contributed by atoms with E-state index in [0.717, 1.165) is 79.8 Å². The zero-order valence-electron chi connectivity index (χ0n) is 25.6. The zero-order chi connectivity index (χ0) is 30.1. The first kappa shape index (κ1) is 31.4. The van der Waals surface area contributed by atoms with Gasteiger partial charge in [-0.1, -0.05) is 26.8 Å². The van der Waals surface area contributed by atoms with Crippen LogP contribution < -0.4 is 5.32 Å². The highest BCUT2D eigenvalue weighted by Crippen LogP contribution is 2.32. The van der Waals surface area contributed by atoms with Gasteiger partial charge in [-0.15, -0.1) is 0 Å². The molecule has 42 heavy (non-hydrogen) atoms. The number of piperidine rings is 1. The molecule has 0 saturated carbocycles. The van der Waals surface area contributed by atoms with Crippen LogP contribution in [-0.2, 0) is 33.8 Å². The van der Waals surface area contributed by atoms with Gasteiger partial charge in [-0.3, -0.25) is 4.79 Å². The molecule has 4 heterocycles. The van der Waals surface area contributed by atoms with E-state index < -0.39 is 5.97 Å². The second kappa shape index (κ2) is 15.1. The summed E-state index contributed by atoms with van der Waals surface area (Å²) >= 11 is 0. The maximum Gasteiger partial charge on any atom is 0.337 e. The predicted molar refractivity (Wildman–Crippen MR) is 163 cm³/mol. The molecule has 10 heteroatoms. The molecule has 5 rings (SSSR count). The SMILES string of the molecule is CC.CCc1nc2c(cnn2CC)c(NC2CCOCC2)c1COC1CCN(C(=O)c2cccc(C(=O)OC)c2)CC1. The van der Waals surface area contributed by atoms with Crippen molar-refractivity contribution in [2.75, 3.05) is 38.7 Å². The van der Waals surface area contributed by atoms with Crippen molar-refractivity contribution < 1.29 is 23.8 Å². The number of nitrogens with one attached hydrogen (secondary N) is 1. The van der Waals surface area contributed by atoms with Crippen LogP contribution >= 0.6 is 0 Å². The molecule has 228 valence electrons. The number of likely N-dealkylation sites (tertiary alicyclic amines) is 1. The van der Waals surface area contributed by atoms with Gasteiger partial charge in [0.1, 0.15) is 0 Å². The molecule has 1 amide bonds. The van der Waals surface area contributed by atoms with Crippen LogP contribution in [-0.4, -0.2) is 77.1 Å². The molecule has 0 unspecified atom stereocenters. The summed E-state index contributed by atoms with van der Waals surface area (Å²) in [7, 11) is 1.33. The Morgan fingerprint density at radius 1 is 1.07 bits per heavy atom. The number of hydrogen-bond acceptors (Lipinski definition) is 8. The van der Waals surface area contributed by atoms with Crippen molar-refractivity contribution in [1.29, 1.82) is 0 Å². The number of aromatic nitrogens is 3. The minimum absolute atomic E-state index is 0.0418. The molecule has 2 aliphatic heterocycles. The zero-order valence-corrected chi connectivity index (χ0v) is 25.6. The van der Waals surface area contributed by atoms with E-state index in [0.29, 0.717) is 36.9 Å². The molecule has 2 aromatic heterocycles. The van der Waals surface area contributed by atoms with Gasteiger partial charge in [0.2, 0.25) is 0 Å². The van der Waals surface area contributed by atoms with Gasteiger partial charge < -0.3 is 24.4 Å². The van der Waals surface area contributed by atoms with Crippen LogP contribution in [0.5, 0.6) is 0 Å². The van der Waals surface area contributed by atoms with Crippen LogP contribution in [0, 0.1) is 0 Å². The van der Waals surface area contributed by atoms with E-state index >= 15 is 0 Å². The fraction of sp³-hybridized carbons (Fsp3) is 0.562. The Hall–Kier alpha value is -3.50. The second-order valence-corrected chi connectivity index (χ2v) is 10.4. The van der Waals surface area contributed by atoms with E-state index in [2.05, 4.69) is 24.3 Å². The van der Waals surface area contributed by atoms with Gasteiger partial charge in [-0.2, -0.15) is 5.10 Å². The first-order valence-electron chi connectivity index (χ1n) is 15.3. The first-order chi connectivity index (χ1) is 20.5. The predicted octanol–water partition coefficient (Wildman–Crippen LogP) is 5.24. The molecule has 2 aliphatic rings. The van der Waals surface area contributed by atoms with Gasteiger partial charge in [0.25, 0.3) is 5.91 Å². The van der Waals surface area contributed by atoms with Gasteiger partial charge in [0, 0.05) is 50.0 Å². The van der Waals surface area contributed by atoms with E-state index in [-0.39, 0.29) is 12.0 Å². The quantitative estimate of drug-likeness (QED) is 0.343. The molecular weight excluding hydrogens is 534 g/mol. The van der Waals surface area contributed by atoms with Crippen LogP contribution in [0.4, 0.5) is 5.69 Å². The average molecular weight is 580 g/mol. The molecule has 0 bridgehead atoms. The van der Waals surface area contributed by atoms with Crippen LogP contribution in [0.2, 0.25) is 0 Å². The summed E-state index contributed by atoms with van der Waals surface area (Å²) in [6.07, 6.45) is 6.16. The third kappa shape index (κ3) is 7.10. The van der Waals surface area contributed by atoms with Crippen LogP contribution in [0.15, 0.2) is 30.5 Å². The maximum atomic E-state index is 13.1. The minimum atomic E-state index is -0.450. The molecule has 2 saturated heterocycles. The van der Waals surface area contributed by atoms with Gasteiger partial charge in [0.15, 0.2) is 5.65 Å². The molecule has 0 aliphatic carbocycles. The van der Waals surface area contributed by atoms with E-state index in [1.54, 1.807) is 24.3 Å². The number of hydrogen-bond donors (Lipinski definition) is 1. The molecule has 3 aromatic rings. The van der Waals surface area contributed by atoms with E-state index in [1.807, 2.05) is 29.6 Å². The molecule has 2 fully saturated rings. The summed E-state index contributed by atoms with van der Waals surface area (Å²) in [5.74, 6) is -0.531. The topological polar surface area (TPSA) is 108 Å². The Kier molecular flexibility index (Phi) is 11.3. The van der Waals surface area contributed by atoms with E-state index in [9.17, 15) is 9.59 Å². The van der Waals surface area contributed by atoms with Crippen LogP contribution in [0.25, 0.3) is 11.0 Å². The Labute approximate surface area is 248 Å². The normalized spacial score (nSPS) is 16.2. The van der Waals surface area contributed by atoms with Crippen molar-refractivity contribution in [2.45, 2.75) is 85.1 Å². The number of benzene rings is 1. The highest BCUT2D eigenvalue weighted by molar-refractivity contribution is 5.98. The molecule has 0 radical (unpaired) electrons. The molecular formula is C32H45N5O5. The number of anilines is 1. The molecule has 1 N–H and O–H groups in total. The van der Waals surface area contributed by atoms with Crippen molar-refractivity contribution >= 4 is 28.6 Å². The van der Waals surface area contributed by atoms with E-state index in [4.69, 9.17) is 19.2 Å². The van der Waals surface area contributed by atoms with Crippen molar-refractivity contribution in [3.8, 4) is 0 Å². The third-order valence-electron chi connectivity index (χ3n) is 7.90. The number of esters is 1. The summed E-state index contributed by atoms with van der Waals surface area (Å²) in [5.41, 5.74) is 4.96. The number of carbonyl (C=O) groups is 2. The summed E-state index contributed by atoms with van der Waals surface area (Å²) in [6, 6.07) is 7.03. The fourth-order valence-electron chi connectivity index (χ4n) is 5.57. The maximum absolute atomic E-state index is 13.1. The number of ether oxygens (including phenoxy) is 3. The van der Waals surface area contributed by atoms with Gasteiger partial charge in [0.05, 0.1) is 48.3 Å². The van der Waals surface area contributed by atoms with Gasteiger partial charge in [-0.05, 0) is 57.2 Å². The minimum Gasteiger partial charge on any atom is -0.465 e. The fourth-order valence-corrected chi connectivity index (χ4v) is 5.57. The van der Waals surface area contributed by atoms with Crippen LogP contribution in [0.1, 0.15) is 85.4 Å². The van der Waals surface area contributed by atoms with Gasteiger partial charge >= 0.3 is 5.97 Å². The van der Waals surface area contributed by atoms with Crippen molar-refractivity contribution in [1.82, 2.24) is 19.7 Å². The summed E-state index contributed by atoms with van der Waals surface area (Å²) in [6.45, 7) is 12.1. The number of pyridine rings is 1. The van der Waals surface area contributed by atoms with Crippen molar-refractivity contribution in [3.05, 3.63) is 52.8 Å². The molecule has 1 aromatic carbocycles. The number of carbonyl (C=O) groups excluding carboxylic acids is 2. The monoisotopic (exact) mass is 579 g/mol. The Balaban J connectivity index is 0.00000198. The number of rotatable bonds is 9. The number of methoxy groups -OCH3 is 1. The Bertz CT molecular complexity index is 1340. The lowest BCUT2D eigenvalue weighted by Crippen LogP contribution is -2.41. The molecule has 0 atom stereocenters. The Morgan fingerprint density at radius 2 is 1.79 bits per heavy atom. The highest BCUT2D eigenvalue weighted by Gasteiger charge is 2.27. The molecule has 0 spiro atoms. The number of amides is 1. The average Bonchev–Trinajstić information content (AvgIpc) is 3.48. The summed E-state index contributed by atoms with van der Waals surface area (Å²) < 4.78 is 18.8. The first-order valence-corrected chi connectivity index (χ1v) is 15.3. The second-order valence-electron chi connectivity index (χ2n) is 10.4. The number of aryl methyl sites for hydroxylation is 2.